The van der Waals surface area contributed by atoms with E-state index in [-0.39, 0.29) is 18.2 Å². The predicted molar refractivity (Wildman–Crippen MR) is 123 cm³/mol. The summed E-state index contributed by atoms with van der Waals surface area (Å²) in [4.78, 5) is 12.0. The minimum Gasteiger partial charge on any atom is -0.457 e. The lowest BCUT2D eigenvalue weighted by molar-refractivity contribution is -0.143. The summed E-state index contributed by atoms with van der Waals surface area (Å²) in [6, 6.07) is 6.64. The van der Waals surface area contributed by atoms with E-state index in [0.717, 1.165) is 0 Å². The van der Waals surface area contributed by atoms with Gasteiger partial charge in [0, 0.05) is 0 Å². The van der Waals surface area contributed by atoms with Crippen LogP contribution in [0.1, 0.15) is 43.9 Å². The van der Waals surface area contributed by atoms with Gasteiger partial charge in [0.15, 0.2) is 0 Å². The molecule has 0 saturated heterocycles. The molecular weight excluding hydrogens is 508 g/mol. The van der Waals surface area contributed by atoms with Crippen LogP contribution in [0.4, 0.5) is 31.1 Å². The molecule has 0 aromatic heterocycles. The van der Waals surface area contributed by atoms with Crippen LogP contribution in [0.2, 0.25) is 0 Å². The number of hydrogen-bond acceptors (Lipinski definition) is 5. The molecule has 37 heavy (non-hydrogen) atoms. The smallest absolute Gasteiger partial charge is 0.416 e. The van der Waals surface area contributed by atoms with Crippen molar-refractivity contribution in [2.24, 2.45) is 0 Å². The fourth-order valence-corrected chi connectivity index (χ4v) is 3.02. The molecule has 0 unspecified atom stereocenters. The molecule has 0 aliphatic carbocycles. The molecule has 0 aliphatic heterocycles. The summed E-state index contributed by atoms with van der Waals surface area (Å²) in [5.41, 5.74) is -4.61. The monoisotopic (exact) mass is 535 g/mol. The van der Waals surface area contributed by atoms with Crippen LogP contribution >= 0.6 is 0 Å². The topological polar surface area (TPSA) is 88.0 Å². The van der Waals surface area contributed by atoms with Crippen LogP contribution in [0, 0.1) is 0 Å². The Bertz CT molecular complexity index is 1050. The number of hydrogen-bond donors (Lipinski definition) is 3. The number of rotatable bonds is 8. The number of amides is 1. The van der Waals surface area contributed by atoms with Crippen molar-refractivity contribution in [2.75, 3.05) is 13.2 Å². The van der Waals surface area contributed by atoms with Crippen LogP contribution in [0.25, 0.3) is 6.08 Å². The Balaban J connectivity index is 2.14. The van der Waals surface area contributed by atoms with Crippen molar-refractivity contribution in [1.82, 2.24) is 5.32 Å². The first-order valence-corrected chi connectivity index (χ1v) is 10.9. The highest BCUT2D eigenvalue weighted by atomic mass is 19.4. The molecule has 2 aromatic rings. The molecule has 1 amide bonds. The zero-order valence-corrected chi connectivity index (χ0v) is 20.2. The number of carbonyl (C=O) groups excluding carboxylic acids is 1. The Morgan fingerprint density at radius 3 is 1.81 bits per heavy atom. The third-order valence-corrected chi connectivity index (χ3v) is 4.87. The van der Waals surface area contributed by atoms with E-state index >= 15 is 0 Å². The van der Waals surface area contributed by atoms with Gasteiger partial charge in [0.05, 0.1) is 29.9 Å². The van der Waals surface area contributed by atoms with Crippen molar-refractivity contribution in [2.45, 2.75) is 50.7 Å². The van der Waals surface area contributed by atoms with Crippen molar-refractivity contribution in [3.8, 4) is 11.5 Å². The van der Waals surface area contributed by atoms with E-state index in [4.69, 9.17) is 9.47 Å². The maximum absolute atomic E-state index is 13.0. The van der Waals surface area contributed by atoms with E-state index in [1.807, 2.05) is 0 Å². The van der Waals surface area contributed by atoms with Gasteiger partial charge in [-0.2, -0.15) is 26.3 Å². The zero-order valence-electron chi connectivity index (χ0n) is 20.2. The molecule has 0 bridgehead atoms. The van der Waals surface area contributed by atoms with Crippen LogP contribution in [-0.2, 0) is 17.1 Å². The van der Waals surface area contributed by atoms with Gasteiger partial charge in [-0.3, -0.25) is 0 Å². The van der Waals surface area contributed by atoms with E-state index in [9.17, 15) is 41.4 Å². The molecule has 0 heterocycles. The van der Waals surface area contributed by atoms with Crippen LogP contribution in [0.3, 0.4) is 0 Å². The molecule has 204 valence electrons. The normalized spacial score (nSPS) is 13.1. The highest BCUT2D eigenvalue weighted by Gasteiger charge is 2.37. The predicted octanol–water partition coefficient (Wildman–Crippen LogP) is 6.17. The van der Waals surface area contributed by atoms with Crippen molar-refractivity contribution >= 4 is 12.2 Å². The number of halogens is 6. The molecule has 0 radical (unpaired) electrons. The third-order valence-electron chi connectivity index (χ3n) is 4.87. The second kappa shape index (κ2) is 11.4. The van der Waals surface area contributed by atoms with Gasteiger partial charge < -0.3 is 25.0 Å². The number of benzene rings is 2. The van der Waals surface area contributed by atoms with Crippen LogP contribution in [-0.4, -0.2) is 40.7 Å². The molecule has 3 N–H and O–H groups in total. The highest BCUT2D eigenvalue weighted by molar-refractivity contribution is 5.69. The van der Waals surface area contributed by atoms with Crippen molar-refractivity contribution in [3.63, 3.8) is 0 Å². The summed E-state index contributed by atoms with van der Waals surface area (Å²) in [6.07, 6.45) is -7.67. The summed E-state index contributed by atoms with van der Waals surface area (Å²) in [6.45, 7) is 3.79. The van der Waals surface area contributed by atoms with E-state index < -0.39 is 59.7 Å². The number of carbonyl (C=O) groups is 1. The number of nitrogens with one attached hydrogen (secondary N) is 1. The minimum absolute atomic E-state index is 0.00347. The van der Waals surface area contributed by atoms with E-state index in [2.05, 4.69) is 5.32 Å². The minimum atomic E-state index is -5.00. The van der Waals surface area contributed by atoms with E-state index in [1.165, 1.54) is 24.3 Å². The average molecular weight is 535 g/mol. The van der Waals surface area contributed by atoms with Gasteiger partial charge in [0.1, 0.15) is 17.1 Å². The Hall–Kier alpha value is -3.25. The lowest BCUT2D eigenvalue weighted by Gasteiger charge is -2.31. The standard InChI is InChI=1S/C25H27F6NO5/c1-22(2,3)37-21(35)32-23(14-33,15-34)10-4-5-16-6-8-19(9-7-16)36-20-12-17(24(26,27)28)11-18(13-20)25(29,30)31/h4-9,11-13,33-34H,10,14-15H2,1-3H3,(H,32,35). The quantitative estimate of drug-likeness (QED) is 0.352. The molecule has 0 fully saturated rings. The van der Waals surface area contributed by atoms with Crippen molar-refractivity contribution < 1.29 is 50.8 Å². The Morgan fingerprint density at radius 2 is 1.38 bits per heavy atom. The Kier molecular flexibility index (Phi) is 9.26. The maximum atomic E-state index is 13.0. The van der Waals surface area contributed by atoms with Gasteiger partial charge in [-0.1, -0.05) is 24.3 Å². The number of aliphatic hydroxyl groups is 2. The summed E-state index contributed by atoms with van der Waals surface area (Å²) in [5.74, 6) is -0.634. The fourth-order valence-electron chi connectivity index (χ4n) is 3.02. The van der Waals surface area contributed by atoms with Crippen LogP contribution in [0.5, 0.6) is 11.5 Å². The van der Waals surface area contributed by atoms with Crippen LogP contribution < -0.4 is 10.1 Å². The average Bonchev–Trinajstić information content (AvgIpc) is 2.77. The molecule has 2 rings (SSSR count). The molecule has 0 saturated carbocycles. The number of alkyl halides is 6. The molecule has 0 atom stereocenters. The summed E-state index contributed by atoms with van der Waals surface area (Å²) in [5, 5.41) is 21.9. The van der Waals surface area contributed by atoms with E-state index in [1.54, 1.807) is 32.9 Å². The molecular formula is C25H27F6NO5. The van der Waals surface area contributed by atoms with Gasteiger partial charge >= 0.3 is 18.4 Å². The first-order chi connectivity index (χ1) is 17.0. The second-order valence-corrected chi connectivity index (χ2v) is 9.24. The third kappa shape index (κ3) is 9.29. The molecule has 0 aliphatic rings. The first kappa shape index (κ1) is 30.0. The lowest BCUT2D eigenvalue weighted by atomic mass is 9.96. The largest absolute Gasteiger partial charge is 0.457 e. The second-order valence-electron chi connectivity index (χ2n) is 9.24. The number of ether oxygens (including phenoxy) is 2. The van der Waals surface area contributed by atoms with Gasteiger partial charge in [0.25, 0.3) is 0 Å². The summed E-state index contributed by atoms with van der Waals surface area (Å²) < 4.78 is 88.6. The van der Waals surface area contributed by atoms with Crippen molar-refractivity contribution in [1.29, 1.82) is 0 Å². The Morgan fingerprint density at radius 1 is 0.865 bits per heavy atom. The number of aliphatic hydroxyl groups excluding tert-OH is 2. The van der Waals surface area contributed by atoms with Gasteiger partial charge in [0.2, 0.25) is 0 Å². The first-order valence-electron chi connectivity index (χ1n) is 10.9. The summed E-state index contributed by atoms with van der Waals surface area (Å²) >= 11 is 0. The van der Waals surface area contributed by atoms with Gasteiger partial charge in [-0.05, 0) is 63.1 Å². The van der Waals surface area contributed by atoms with E-state index in [0.29, 0.717) is 17.7 Å². The fraction of sp³-hybridized carbons (Fsp3) is 0.400. The maximum Gasteiger partial charge on any atom is 0.416 e. The highest BCUT2D eigenvalue weighted by Crippen LogP contribution is 2.39. The summed E-state index contributed by atoms with van der Waals surface area (Å²) in [7, 11) is 0. The molecule has 12 heteroatoms. The SMILES string of the molecule is CC(C)(C)OC(=O)NC(CO)(CO)CC=Cc1ccc(Oc2cc(C(F)(F)F)cc(C(F)(F)F)c2)cc1. The number of alkyl carbamates (subject to hydrolysis) is 1. The van der Waals surface area contributed by atoms with Gasteiger partial charge in [-0.25, -0.2) is 4.79 Å². The van der Waals surface area contributed by atoms with Gasteiger partial charge in [-0.15, -0.1) is 0 Å². The zero-order chi connectivity index (χ0) is 28.1. The lowest BCUT2D eigenvalue weighted by Crippen LogP contribution is -2.55. The molecule has 6 nitrogen and oxygen atoms in total. The van der Waals surface area contributed by atoms with Crippen molar-refractivity contribution in [3.05, 3.63) is 65.2 Å². The Labute approximate surface area is 209 Å². The van der Waals surface area contributed by atoms with Crippen LogP contribution in [0.15, 0.2) is 48.5 Å². The molecule has 2 aromatic carbocycles. The molecule has 0 spiro atoms.